The van der Waals surface area contributed by atoms with Crippen molar-refractivity contribution in [1.82, 2.24) is 5.32 Å². The van der Waals surface area contributed by atoms with Gasteiger partial charge in [-0.15, -0.1) is 11.8 Å². The molecule has 0 aromatic heterocycles. The number of thioether (sulfide) groups is 1. The molecule has 19 heavy (non-hydrogen) atoms. The SMILES string of the molecule is C[C@H](NC(=O)CSc1ccccc1)c1ccccc1. The average Bonchev–Trinajstić information content (AvgIpc) is 2.47. The van der Waals surface area contributed by atoms with Gasteiger partial charge in [0.15, 0.2) is 0 Å². The molecule has 2 aromatic rings. The van der Waals surface area contributed by atoms with Crippen molar-refractivity contribution in [2.75, 3.05) is 5.75 Å². The summed E-state index contributed by atoms with van der Waals surface area (Å²) >= 11 is 1.55. The predicted octanol–water partition coefficient (Wildman–Crippen LogP) is 3.66. The first-order valence-electron chi connectivity index (χ1n) is 6.28. The maximum atomic E-state index is 11.9. The van der Waals surface area contributed by atoms with E-state index in [2.05, 4.69) is 5.32 Å². The van der Waals surface area contributed by atoms with Crippen LogP contribution in [0, 0.1) is 0 Å². The highest BCUT2D eigenvalue weighted by molar-refractivity contribution is 8.00. The third-order valence-electron chi connectivity index (χ3n) is 2.79. The normalized spacial score (nSPS) is 11.8. The quantitative estimate of drug-likeness (QED) is 0.841. The van der Waals surface area contributed by atoms with E-state index in [9.17, 15) is 4.79 Å². The molecule has 2 nitrogen and oxygen atoms in total. The van der Waals surface area contributed by atoms with Gasteiger partial charge in [-0.1, -0.05) is 48.5 Å². The number of nitrogens with one attached hydrogen (secondary N) is 1. The summed E-state index contributed by atoms with van der Waals surface area (Å²) in [4.78, 5) is 13.0. The highest BCUT2D eigenvalue weighted by Crippen LogP contribution is 2.17. The Balaban J connectivity index is 1.82. The van der Waals surface area contributed by atoms with Crippen molar-refractivity contribution in [3.05, 3.63) is 66.2 Å². The van der Waals surface area contributed by atoms with Gasteiger partial charge in [0.1, 0.15) is 0 Å². The van der Waals surface area contributed by atoms with Crippen molar-refractivity contribution in [3.63, 3.8) is 0 Å². The molecule has 0 saturated heterocycles. The van der Waals surface area contributed by atoms with E-state index >= 15 is 0 Å². The Morgan fingerprint density at radius 1 is 1.05 bits per heavy atom. The lowest BCUT2D eigenvalue weighted by molar-refractivity contribution is -0.119. The van der Waals surface area contributed by atoms with Gasteiger partial charge >= 0.3 is 0 Å². The van der Waals surface area contributed by atoms with Crippen LogP contribution in [0.5, 0.6) is 0 Å². The molecule has 0 aliphatic rings. The highest BCUT2D eigenvalue weighted by Gasteiger charge is 2.09. The second-order valence-corrected chi connectivity index (χ2v) is 5.35. The first kappa shape index (κ1) is 13.7. The van der Waals surface area contributed by atoms with Crippen LogP contribution in [0.2, 0.25) is 0 Å². The summed E-state index contributed by atoms with van der Waals surface area (Å²) in [5.41, 5.74) is 1.13. The molecule has 0 spiro atoms. The average molecular weight is 271 g/mol. The molecule has 3 heteroatoms. The molecule has 0 aliphatic carbocycles. The molecular weight excluding hydrogens is 254 g/mol. The van der Waals surface area contributed by atoms with Gasteiger partial charge < -0.3 is 5.32 Å². The fraction of sp³-hybridized carbons (Fsp3) is 0.188. The van der Waals surface area contributed by atoms with Crippen LogP contribution in [0.3, 0.4) is 0 Å². The van der Waals surface area contributed by atoms with Crippen molar-refractivity contribution in [2.24, 2.45) is 0 Å². The van der Waals surface area contributed by atoms with Crippen LogP contribution in [0.1, 0.15) is 18.5 Å². The molecular formula is C16H17NOS. The molecule has 1 atom stereocenters. The largest absolute Gasteiger partial charge is 0.349 e. The molecule has 0 radical (unpaired) electrons. The molecule has 2 rings (SSSR count). The maximum absolute atomic E-state index is 11.9. The van der Waals surface area contributed by atoms with E-state index in [1.807, 2.05) is 67.6 Å². The first-order valence-corrected chi connectivity index (χ1v) is 7.26. The van der Waals surface area contributed by atoms with Gasteiger partial charge in [0.2, 0.25) is 5.91 Å². The van der Waals surface area contributed by atoms with Crippen LogP contribution in [0.15, 0.2) is 65.6 Å². The lowest BCUT2D eigenvalue weighted by Crippen LogP contribution is -2.28. The van der Waals surface area contributed by atoms with E-state index in [0.717, 1.165) is 10.5 Å². The van der Waals surface area contributed by atoms with Crippen LogP contribution in [-0.4, -0.2) is 11.7 Å². The molecule has 0 unspecified atom stereocenters. The van der Waals surface area contributed by atoms with Crippen LogP contribution in [0.25, 0.3) is 0 Å². The summed E-state index contributed by atoms with van der Waals surface area (Å²) in [5.74, 6) is 0.506. The Kier molecular flexibility index (Phi) is 5.04. The molecule has 0 bridgehead atoms. The minimum absolute atomic E-state index is 0.0464. The van der Waals surface area contributed by atoms with Crippen LogP contribution < -0.4 is 5.32 Å². The van der Waals surface area contributed by atoms with E-state index < -0.39 is 0 Å². The van der Waals surface area contributed by atoms with E-state index in [0.29, 0.717) is 5.75 Å². The number of carbonyl (C=O) groups excluding carboxylic acids is 1. The maximum Gasteiger partial charge on any atom is 0.230 e. The molecule has 0 saturated carbocycles. The zero-order valence-corrected chi connectivity index (χ0v) is 11.7. The summed E-state index contributed by atoms with van der Waals surface area (Å²) in [5, 5.41) is 3.01. The Morgan fingerprint density at radius 2 is 1.63 bits per heavy atom. The van der Waals surface area contributed by atoms with Gasteiger partial charge in [-0.25, -0.2) is 0 Å². The van der Waals surface area contributed by atoms with Crippen molar-refractivity contribution >= 4 is 17.7 Å². The lowest BCUT2D eigenvalue weighted by atomic mass is 10.1. The smallest absolute Gasteiger partial charge is 0.230 e. The number of hydrogen-bond acceptors (Lipinski definition) is 2. The van der Waals surface area contributed by atoms with E-state index in [4.69, 9.17) is 0 Å². The van der Waals surface area contributed by atoms with Crippen molar-refractivity contribution in [3.8, 4) is 0 Å². The Morgan fingerprint density at radius 3 is 2.26 bits per heavy atom. The topological polar surface area (TPSA) is 29.1 Å². The molecule has 2 aromatic carbocycles. The summed E-state index contributed by atoms with van der Waals surface area (Å²) in [6.07, 6.45) is 0. The second kappa shape index (κ2) is 7.00. The minimum Gasteiger partial charge on any atom is -0.349 e. The van der Waals surface area contributed by atoms with Crippen LogP contribution >= 0.6 is 11.8 Å². The first-order chi connectivity index (χ1) is 9.25. The molecule has 0 aliphatic heterocycles. The second-order valence-electron chi connectivity index (χ2n) is 4.30. The molecule has 0 fully saturated rings. The van der Waals surface area contributed by atoms with Gasteiger partial charge in [0, 0.05) is 4.90 Å². The summed E-state index contributed by atoms with van der Waals surface area (Å²) in [7, 11) is 0. The van der Waals surface area contributed by atoms with E-state index in [-0.39, 0.29) is 11.9 Å². The van der Waals surface area contributed by atoms with Gasteiger partial charge in [-0.3, -0.25) is 4.79 Å². The van der Waals surface area contributed by atoms with Gasteiger partial charge in [-0.2, -0.15) is 0 Å². The minimum atomic E-state index is 0.0464. The van der Waals surface area contributed by atoms with Gasteiger partial charge in [0.25, 0.3) is 0 Å². The fourth-order valence-electron chi connectivity index (χ4n) is 1.77. The summed E-state index contributed by atoms with van der Waals surface area (Å²) in [6, 6.07) is 20.0. The molecule has 1 amide bonds. The summed E-state index contributed by atoms with van der Waals surface area (Å²) in [6.45, 7) is 2.00. The zero-order valence-electron chi connectivity index (χ0n) is 10.9. The lowest BCUT2D eigenvalue weighted by Gasteiger charge is -2.14. The van der Waals surface area contributed by atoms with Crippen molar-refractivity contribution < 1.29 is 4.79 Å². The van der Waals surface area contributed by atoms with E-state index in [1.165, 1.54) is 0 Å². The van der Waals surface area contributed by atoms with Gasteiger partial charge in [-0.05, 0) is 24.6 Å². The van der Waals surface area contributed by atoms with Crippen molar-refractivity contribution in [2.45, 2.75) is 17.9 Å². The van der Waals surface area contributed by atoms with Gasteiger partial charge in [0.05, 0.1) is 11.8 Å². The standard InChI is InChI=1S/C16H17NOS/c1-13(14-8-4-2-5-9-14)17-16(18)12-19-15-10-6-3-7-11-15/h2-11,13H,12H2,1H3,(H,17,18)/t13-/m0/s1. The zero-order chi connectivity index (χ0) is 13.5. The third-order valence-corrected chi connectivity index (χ3v) is 3.80. The molecule has 98 valence electrons. The highest BCUT2D eigenvalue weighted by atomic mass is 32.2. The Labute approximate surface area is 118 Å². The van der Waals surface area contributed by atoms with Crippen LogP contribution in [-0.2, 0) is 4.79 Å². The number of benzene rings is 2. The van der Waals surface area contributed by atoms with Crippen molar-refractivity contribution in [1.29, 1.82) is 0 Å². The fourth-order valence-corrected chi connectivity index (χ4v) is 2.50. The number of hydrogen-bond donors (Lipinski definition) is 1. The number of amides is 1. The predicted molar refractivity (Wildman–Crippen MR) is 80.2 cm³/mol. The van der Waals surface area contributed by atoms with E-state index in [1.54, 1.807) is 11.8 Å². The van der Waals surface area contributed by atoms with Crippen LogP contribution in [0.4, 0.5) is 0 Å². The Hall–Kier alpha value is -1.74. The Bertz CT molecular complexity index is 513. The molecule has 1 N–H and O–H groups in total. The monoisotopic (exact) mass is 271 g/mol. The number of carbonyl (C=O) groups is 1. The third kappa shape index (κ3) is 4.45. The summed E-state index contributed by atoms with van der Waals surface area (Å²) < 4.78 is 0. The molecule has 0 heterocycles. The number of rotatable bonds is 5.